The van der Waals surface area contributed by atoms with Gasteiger partial charge in [-0.25, -0.2) is 4.79 Å². The van der Waals surface area contributed by atoms with Gasteiger partial charge in [0.2, 0.25) is 0 Å². The normalized spacial score (nSPS) is 12.6. The number of amides is 1. The highest BCUT2D eigenvalue weighted by atomic mass is 32.1. The lowest BCUT2D eigenvalue weighted by Crippen LogP contribution is -2.40. The number of carbonyl (C=O) groups is 2. The summed E-state index contributed by atoms with van der Waals surface area (Å²) in [5, 5.41) is 11.6. The third-order valence-electron chi connectivity index (χ3n) is 2.78. The summed E-state index contributed by atoms with van der Waals surface area (Å²) in [6.07, 6.45) is 4.68. The summed E-state index contributed by atoms with van der Waals surface area (Å²) in [7, 11) is 0. The SMILES string of the molecule is C/C=C/CC(NC(=O)c1cc(C)c(CC)s1)C(=O)O. The van der Waals surface area contributed by atoms with Gasteiger partial charge in [-0.2, -0.15) is 0 Å². The Kier molecular flexibility index (Phi) is 5.76. The molecule has 0 aliphatic rings. The van der Waals surface area contributed by atoms with Gasteiger partial charge in [0.05, 0.1) is 4.88 Å². The van der Waals surface area contributed by atoms with Crippen LogP contribution >= 0.6 is 11.3 Å². The summed E-state index contributed by atoms with van der Waals surface area (Å²) in [5.74, 6) is -1.33. The smallest absolute Gasteiger partial charge is 0.326 e. The van der Waals surface area contributed by atoms with Crippen molar-refractivity contribution in [1.82, 2.24) is 5.32 Å². The van der Waals surface area contributed by atoms with E-state index in [9.17, 15) is 9.59 Å². The molecule has 0 saturated heterocycles. The predicted molar refractivity (Wildman–Crippen MR) is 76.8 cm³/mol. The first kappa shape index (κ1) is 15.4. The molecule has 104 valence electrons. The van der Waals surface area contributed by atoms with Crippen LogP contribution in [0.5, 0.6) is 0 Å². The topological polar surface area (TPSA) is 66.4 Å². The second-order valence-corrected chi connectivity index (χ2v) is 5.38. The van der Waals surface area contributed by atoms with E-state index in [0.717, 1.165) is 16.9 Å². The van der Waals surface area contributed by atoms with Gasteiger partial charge in [0.1, 0.15) is 6.04 Å². The molecule has 1 atom stereocenters. The lowest BCUT2D eigenvalue weighted by atomic mass is 10.2. The van der Waals surface area contributed by atoms with Crippen LogP contribution in [-0.4, -0.2) is 23.0 Å². The van der Waals surface area contributed by atoms with Crippen molar-refractivity contribution in [3.63, 3.8) is 0 Å². The maximum atomic E-state index is 12.0. The van der Waals surface area contributed by atoms with Crippen molar-refractivity contribution in [2.45, 2.75) is 39.7 Å². The zero-order valence-electron chi connectivity index (χ0n) is 11.4. The minimum Gasteiger partial charge on any atom is -0.480 e. The molecule has 0 aliphatic heterocycles. The highest BCUT2D eigenvalue weighted by Gasteiger charge is 2.20. The zero-order chi connectivity index (χ0) is 14.4. The Morgan fingerprint density at radius 3 is 2.68 bits per heavy atom. The molecule has 2 N–H and O–H groups in total. The van der Waals surface area contributed by atoms with Crippen LogP contribution in [0.15, 0.2) is 18.2 Å². The van der Waals surface area contributed by atoms with E-state index in [1.807, 2.05) is 26.8 Å². The molecule has 1 heterocycles. The predicted octanol–water partition coefficient (Wildman–Crippen LogP) is 2.77. The summed E-state index contributed by atoms with van der Waals surface area (Å²) in [6, 6.07) is 0.934. The Hall–Kier alpha value is -1.62. The number of nitrogens with one attached hydrogen (secondary N) is 1. The Bertz CT molecular complexity index is 491. The Labute approximate surface area is 117 Å². The number of aryl methyl sites for hydroxylation is 2. The number of carboxylic acid groups (broad SMARTS) is 1. The van der Waals surface area contributed by atoms with Gasteiger partial charge in [-0.1, -0.05) is 19.1 Å². The van der Waals surface area contributed by atoms with Crippen molar-refractivity contribution in [2.75, 3.05) is 0 Å². The quantitative estimate of drug-likeness (QED) is 0.788. The Morgan fingerprint density at radius 2 is 2.21 bits per heavy atom. The molecular weight excluding hydrogens is 262 g/mol. The molecule has 0 aliphatic carbocycles. The molecular formula is C14H19NO3S. The number of rotatable bonds is 6. The first-order valence-electron chi connectivity index (χ1n) is 6.23. The molecule has 1 unspecified atom stereocenters. The summed E-state index contributed by atoms with van der Waals surface area (Å²) >= 11 is 1.42. The van der Waals surface area contributed by atoms with Gasteiger partial charge in [0, 0.05) is 4.88 Å². The molecule has 1 aromatic rings. The van der Waals surface area contributed by atoms with Crippen molar-refractivity contribution in [3.05, 3.63) is 33.5 Å². The first-order chi connectivity index (χ1) is 8.99. The number of hydrogen-bond donors (Lipinski definition) is 2. The van der Waals surface area contributed by atoms with Gasteiger partial charge in [-0.15, -0.1) is 11.3 Å². The van der Waals surface area contributed by atoms with Crippen molar-refractivity contribution >= 4 is 23.2 Å². The van der Waals surface area contributed by atoms with E-state index in [4.69, 9.17) is 5.11 Å². The van der Waals surface area contributed by atoms with Gasteiger partial charge in [-0.3, -0.25) is 4.79 Å². The van der Waals surface area contributed by atoms with Crippen LogP contribution in [-0.2, 0) is 11.2 Å². The second kappa shape index (κ2) is 7.09. The molecule has 0 saturated carbocycles. The Balaban J connectivity index is 2.78. The summed E-state index contributed by atoms with van der Waals surface area (Å²) in [5.41, 5.74) is 1.08. The summed E-state index contributed by atoms with van der Waals surface area (Å²) in [6.45, 7) is 5.81. The number of thiophene rings is 1. The monoisotopic (exact) mass is 281 g/mol. The van der Waals surface area contributed by atoms with Crippen molar-refractivity contribution in [2.24, 2.45) is 0 Å². The lowest BCUT2D eigenvalue weighted by molar-refractivity contribution is -0.139. The van der Waals surface area contributed by atoms with E-state index in [1.54, 1.807) is 12.2 Å². The molecule has 1 rings (SSSR count). The van der Waals surface area contributed by atoms with Crippen LogP contribution in [0.25, 0.3) is 0 Å². The third kappa shape index (κ3) is 4.21. The van der Waals surface area contributed by atoms with Crippen molar-refractivity contribution < 1.29 is 14.7 Å². The largest absolute Gasteiger partial charge is 0.480 e. The summed E-state index contributed by atoms with van der Waals surface area (Å²) in [4.78, 5) is 24.8. The zero-order valence-corrected chi connectivity index (χ0v) is 12.2. The molecule has 1 amide bonds. The Morgan fingerprint density at radius 1 is 1.53 bits per heavy atom. The van der Waals surface area contributed by atoms with Gasteiger partial charge in [-0.05, 0) is 38.3 Å². The van der Waals surface area contributed by atoms with Crippen molar-refractivity contribution in [1.29, 1.82) is 0 Å². The fourth-order valence-corrected chi connectivity index (χ4v) is 2.72. The average Bonchev–Trinajstić information content (AvgIpc) is 2.75. The van der Waals surface area contributed by atoms with Crippen molar-refractivity contribution in [3.8, 4) is 0 Å². The lowest BCUT2D eigenvalue weighted by Gasteiger charge is -2.11. The molecule has 0 fully saturated rings. The first-order valence-corrected chi connectivity index (χ1v) is 7.05. The molecule has 1 aromatic heterocycles. The van der Waals surface area contributed by atoms with E-state index < -0.39 is 12.0 Å². The molecule has 0 bridgehead atoms. The number of aliphatic carboxylic acids is 1. The maximum Gasteiger partial charge on any atom is 0.326 e. The number of allylic oxidation sites excluding steroid dienone is 1. The molecule has 5 heteroatoms. The van der Waals surface area contributed by atoms with Crippen LogP contribution in [0.2, 0.25) is 0 Å². The van der Waals surface area contributed by atoms with E-state index in [2.05, 4.69) is 5.32 Å². The van der Waals surface area contributed by atoms with E-state index in [1.165, 1.54) is 11.3 Å². The van der Waals surface area contributed by atoms with Gasteiger partial charge in [0.15, 0.2) is 0 Å². The van der Waals surface area contributed by atoms with E-state index >= 15 is 0 Å². The molecule has 19 heavy (non-hydrogen) atoms. The van der Waals surface area contributed by atoms with Gasteiger partial charge >= 0.3 is 5.97 Å². The van der Waals surface area contributed by atoms with Crippen LogP contribution in [0.3, 0.4) is 0 Å². The minimum absolute atomic E-state index is 0.294. The fourth-order valence-electron chi connectivity index (χ4n) is 1.71. The van der Waals surface area contributed by atoms with Gasteiger partial charge in [0.25, 0.3) is 5.91 Å². The molecule has 0 aromatic carbocycles. The van der Waals surface area contributed by atoms with Crippen LogP contribution in [0, 0.1) is 6.92 Å². The number of hydrogen-bond acceptors (Lipinski definition) is 3. The number of carbonyl (C=O) groups excluding carboxylic acids is 1. The highest BCUT2D eigenvalue weighted by Crippen LogP contribution is 2.22. The van der Waals surface area contributed by atoms with Crippen LogP contribution in [0.4, 0.5) is 0 Å². The number of carboxylic acids is 1. The molecule has 0 radical (unpaired) electrons. The third-order valence-corrected chi connectivity index (χ3v) is 4.16. The van der Waals surface area contributed by atoms with E-state index in [0.29, 0.717) is 11.3 Å². The average molecular weight is 281 g/mol. The second-order valence-electron chi connectivity index (χ2n) is 4.24. The summed E-state index contributed by atoms with van der Waals surface area (Å²) < 4.78 is 0. The van der Waals surface area contributed by atoms with Crippen LogP contribution in [0.1, 0.15) is 40.4 Å². The minimum atomic E-state index is -1.02. The highest BCUT2D eigenvalue weighted by molar-refractivity contribution is 7.14. The maximum absolute atomic E-state index is 12.0. The van der Waals surface area contributed by atoms with Crippen LogP contribution < -0.4 is 5.32 Å². The molecule has 0 spiro atoms. The standard InChI is InChI=1S/C14H19NO3S/c1-4-6-7-10(14(17)18)15-13(16)12-8-9(3)11(5-2)19-12/h4,6,8,10H,5,7H2,1-3H3,(H,15,16)(H,17,18)/b6-4+. The molecule has 4 nitrogen and oxygen atoms in total. The fraction of sp³-hybridized carbons (Fsp3) is 0.429. The van der Waals surface area contributed by atoms with E-state index in [-0.39, 0.29) is 5.91 Å². The van der Waals surface area contributed by atoms with Gasteiger partial charge < -0.3 is 10.4 Å².